The Morgan fingerprint density at radius 1 is 0.375 bits per heavy atom. The van der Waals surface area contributed by atoms with Crippen molar-refractivity contribution in [1.29, 1.82) is 0 Å². The summed E-state index contributed by atoms with van der Waals surface area (Å²) in [5.74, 6) is -1.52. The Balaban J connectivity index is 0.00000144. The molecule has 0 saturated heterocycles. The minimum atomic E-state index is -0.881. The minimum absolute atomic E-state index is 0.0684. The Morgan fingerprint density at radius 2 is 0.667 bits per heavy atom. The summed E-state index contributed by atoms with van der Waals surface area (Å²) in [5, 5.41) is 9.13. The summed E-state index contributed by atoms with van der Waals surface area (Å²) >= 11 is 0. The second kappa shape index (κ2) is 55.8. The SMILES string of the molecule is CCCCCCCCCCCCCC(=O)O[C@H](CCCCCCCCCCC)CC(=O)O.CCCCCCCCCCCCCC(=O)O[C@H](CCCCCCCCCCC)CC(=O)OCCc1ccccc1. The fraction of sp³-hybridized carbons (Fsp3) is 0.844. The van der Waals surface area contributed by atoms with E-state index in [0.29, 0.717) is 32.3 Å². The van der Waals surface area contributed by atoms with E-state index in [-0.39, 0.29) is 36.9 Å². The van der Waals surface area contributed by atoms with Crippen molar-refractivity contribution in [2.45, 2.75) is 342 Å². The lowest BCUT2D eigenvalue weighted by Gasteiger charge is -2.17. The van der Waals surface area contributed by atoms with E-state index in [2.05, 4.69) is 27.7 Å². The van der Waals surface area contributed by atoms with Crippen LogP contribution in [0.15, 0.2) is 30.3 Å². The summed E-state index contributed by atoms with van der Waals surface area (Å²) < 4.78 is 16.8. The number of unbranched alkanes of at least 4 members (excludes halogenated alkanes) is 36. The van der Waals surface area contributed by atoms with Gasteiger partial charge in [-0.1, -0.05) is 289 Å². The molecule has 1 aromatic carbocycles. The van der Waals surface area contributed by atoms with Crippen molar-refractivity contribution in [3.63, 3.8) is 0 Å². The van der Waals surface area contributed by atoms with Gasteiger partial charge in [0.25, 0.3) is 0 Å². The van der Waals surface area contributed by atoms with Gasteiger partial charge in [-0.15, -0.1) is 0 Å². The zero-order chi connectivity index (χ0) is 52.6. The summed E-state index contributed by atoms with van der Waals surface area (Å²) in [5.41, 5.74) is 1.15. The maximum absolute atomic E-state index is 12.6. The summed E-state index contributed by atoms with van der Waals surface area (Å²) in [6, 6.07) is 10.0. The van der Waals surface area contributed by atoms with Gasteiger partial charge >= 0.3 is 23.9 Å². The van der Waals surface area contributed by atoms with Crippen molar-refractivity contribution in [2.75, 3.05) is 6.61 Å². The average Bonchev–Trinajstić information content (AvgIpc) is 3.36. The lowest BCUT2D eigenvalue weighted by molar-refractivity contribution is -0.156. The molecule has 0 bridgehead atoms. The summed E-state index contributed by atoms with van der Waals surface area (Å²) in [4.78, 5) is 48.4. The van der Waals surface area contributed by atoms with Crippen LogP contribution in [0.3, 0.4) is 0 Å². The van der Waals surface area contributed by atoms with E-state index in [0.717, 1.165) is 63.4 Å². The largest absolute Gasteiger partial charge is 0.481 e. The van der Waals surface area contributed by atoms with Gasteiger partial charge < -0.3 is 19.3 Å². The zero-order valence-corrected chi connectivity index (χ0v) is 47.8. The lowest BCUT2D eigenvalue weighted by atomic mass is 10.0. The normalized spacial score (nSPS) is 11.9. The number of carbonyl (C=O) groups is 4. The van der Waals surface area contributed by atoms with Crippen LogP contribution in [0.2, 0.25) is 0 Å². The molecule has 8 nitrogen and oxygen atoms in total. The first-order valence-corrected chi connectivity index (χ1v) is 31.1. The number of benzene rings is 1. The van der Waals surface area contributed by atoms with Gasteiger partial charge in [-0.05, 0) is 44.1 Å². The molecule has 8 heteroatoms. The Morgan fingerprint density at radius 3 is 0.986 bits per heavy atom. The topological polar surface area (TPSA) is 116 Å². The van der Waals surface area contributed by atoms with Gasteiger partial charge in [-0.2, -0.15) is 0 Å². The second-order valence-corrected chi connectivity index (χ2v) is 21.3. The first kappa shape index (κ1) is 69.1. The molecule has 420 valence electrons. The molecule has 72 heavy (non-hydrogen) atoms. The molecule has 0 aliphatic rings. The van der Waals surface area contributed by atoms with E-state index in [4.69, 9.17) is 19.3 Å². The van der Waals surface area contributed by atoms with Crippen LogP contribution in [0.4, 0.5) is 0 Å². The molecule has 2 atom stereocenters. The van der Waals surface area contributed by atoms with Crippen molar-refractivity contribution >= 4 is 23.9 Å². The zero-order valence-electron chi connectivity index (χ0n) is 47.8. The van der Waals surface area contributed by atoms with Gasteiger partial charge in [-0.25, -0.2) is 0 Å². The Bertz CT molecular complexity index is 1320. The van der Waals surface area contributed by atoms with Gasteiger partial charge in [0, 0.05) is 19.3 Å². The molecule has 0 aliphatic carbocycles. The highest BCUT2D eigenvalue weighted by Crippen LogP contribution is 2.19. The monoisotopic (exact) mass is 1010 g/mol. The fourth-order valence-corrected chi connectivity index (χ4v) is 9.49. The van der Waals surface area contributed by atoms with Crippen molar-refractivity contribution in [3.8, 4) is 0 Å². The molecule has 0 spiro atoms. The van der Waals surface area contributed by atoms with Gasteiger partial charge in [0.05, 0.1) is 19.4 Å². The molecule has 0 aliphatic heterocycles. The quantitative estimate of drug-likeness (QED) is 0.0390. The molecule has 0 amide bonds. The van der Waals surface area contributed by atoms with E-state index in [1.54, 1.807) is 0 Å². The number of carbonyl (C=O) groups excluding carboxylic acids is 3. The molecule has 0 radical (unpaired) electrons. The van der Waals surface area contributed by atoms with E-state index >= 15 is 0 Å². The highest BCUT2D eigenvalue weighted by molar-refractivity contribution is 5.72. The third kappa shape index (κ3) is 52.0. The fourth-order valence-electron chi connectivity index (χ4n) is 9.49. The smallest absolute Gasteiger partial charge is 0.309 e. The molecule has 0 fully saturated rings. The van der Waals surface area contributed by atoms with Gasteiger partial charge in [-0.3, -0.25) is 19.2 Å². The third-order valence-corrected chi connectivity index (χ3v) is 14.1. The van der Waals surface area contributed by atoms with E-state index in [9.17, 15) is 19.2 Å². The van der Waals surface area contributed by atoms with Gasteiger partial charge in [0.1, 0.15) is 12.2 Å². The van der Waals surface area contributed by atoms with E-state index in [1.807, 2.05) is 30.3 Å². The summed E-state index contributed by atoms with van der Waals surface area (Å²) in [6.07, 6.45) is 52.2. The first-order chi connectivity index (χ1) is 35.2. The third-order valence-electron chi connectivity index (χ3n) is 14.1. The second-order valence-electron chi connectivity index (χ2n) is 21.3. The van der Waals surface area contributed by atoms with Gasteiger partial charge in [0.2, 0.25) is 0 Å². The first-order valence-electron chi connectivity index (χ1n) is 31.1. The number of hydrogen-bond acceptors (Lipinski definition) is 7. The number of hydrogen-bond donors (Lipinski definition) is 1. The van der Waals surface area contributed by atoms with Crippen molar-refractivity contribution in [3.05, 3.63) is 35.9 Å². The highest BCUT2D eigenvalue weighted by atomic mass is 16.6. The number of rotatable bonds is 53. The van der Waals surface area contributed by atoms with Crippen molar-refractivity contribution in [1.82, 2.24) is 0 Å². The van der Waals surface area contributed by atoms with Crippen LogP contribution in [-0.2, 0) is 39.8 Å². The molecular weight excluding hydrogens is 897 g/mol. The number of carboxylic acids is 1. The van der Waals surface area contributed by atoms with Gasteiger partial charge in [0.15, 0.2) is 0 Å². The molecule has 1 N–H and O–H groups in total. The molecule has 1 aromatic rings. The van der Waals surface area contributed by atoms with Crippen LogP contribution < -0.4 is 0 Å². The van der Waals surface area contributed by atoms with Crippen LogP contribution >= 0.6 is 0 Å². The number of ether oxygens (including phenoxy) is 3. The van der Waals surface area contributed by atoms with Crippen LogP contribution in [-0.4, -0.2) is 47.8 Å². The summed E-state index contributed by atoms with van der Waals surface area (Å²) in [7, 11) is 0. The Labute approximate surface area is 444 Å². The van der Waals surface area contributed by atoms with E-state index in [1.165, 1.54) is 205 Å². The van der Waals surface area contributed by atoms with Crippen LogP contribution in [0, 0.1) is 0 Å². The predicted octanol–water partition coefficient (Wildman–Crippen LogP) is 19.7. The highest BCUT2D eigenvalue weighted by Gasteiger charge is 2.20. The molecule has 0 saturated carbocycles. The van der Waals surface area contributed by atoms with Crippen LogP contribution in [0.25, 0.3) is 0 Å². The Kier molecular flexibility index (Phi) is 53.6. The minimum Gasteiger partial charge on any atom is -0.481 e. The van der Waals surface area contributed by atoms with E-state index < -0.39 is 12.1 Å². The molecule has 0 aromatic heterocycles. The maximum atomic E-state index is 12.6. The molecular formula is C64H116O8. The van der Waals surface area contributed by atoms with Crippen LogP contribution in [0.5, 0.6) is 0 Å². The average molecular weight is 1010 g/mol. The number of carboxylic acid groups (broad SMARTS) is 1. The summed E-state index contributed by atoms with van der Waals surface area (Å²) in [6.45, 7) is 9.36. The maximum Gasteiger partial charge on any atom is 0.309 e. The van der Waals surface area contributed by atoms with Crippen molar-refractivity contribution < 1.29 is 38.5 Å². The molecule has 0 heterocycles. The standard InChI is InChI=1S/C36H62O4.C28H54O4/c1-3-5-7-9-11-13-14-16-18-20-25-29-35(37)40-34(28-24-19-17-15-12-10-8-6-4-2)32-36(38)39-31-30-33-26-22-21-23-27-33;1-3-5-7-9-11-13-14-16-18-20-22-24-28(31)32-26(25-27(29)30)23-21-19-17-15-12-10-8-6-4-2/h21-23,26-27,34H,3-20,24-25,28-32H2,1-2H3;26H,3-25H2,1-2H3,(H,29,30)/t34-;26-/m11/s1. The van der Waals surface area contributed by atoms with Crippen LogP contribution in [0.1, 0.15) is 329 Å². The molecule has 1 rings (SSSR count). The Hall–Kier alpha value is -2.90. The number of esters is 3. The lowest BCUT2D eigenvalue weighted by Crippen LogP contribution is -2.23. The predicted molar refractivity (Wildman–Crippen MR) is 304 cm³/mol. The van der Waals surface area contributed by atoms with Crippen molar-refractivity contribution in [2.24, 2.45) is 0 Å². The molecule has 0 unspecified atom stereocenters. The number of aliphatic carboxylic acids is 1.